The maximum Gasteiger partial charge on any atom is 0.162 e. The molecule has 1 aliphatic rings. The summed E-state index contributed by atoms with van der Waals surface area (Å²) in [6, 6.07) is 0. The van der Waals surface area contributed by atoms with Crippen LogP contribution in [0.2, 0.25) is 0 Å². The van der Waals surface area contributed by atoms with Crippen molar-refractivity contribution < 1.29 is 14.6 Å². The minimum atomic E-state index is -0.177. The number of hydrogen-bond acceptors (Lipinski definition) is 3. The molecule has 72 valence electrons. The Hall–Kier alpha value is -0.120. The molecule has 0 aromatic rings. The molecule has 0 saturated carbocycles. The van der Waals surface area contributed by atoms with E-state index in [-0.39, 0.29) is 24.4 Å². The first-order valence-electron chi connectivity index (χ1n) is 4.42. The third-order valence-electron chi connectivity index (χ3n) is 1.94. The molecule has 1 aliphatic heterocycles. The fourth-order valence-corrected chi connectivity index (χ4v) is 1.18. The van der Waals surface area contributed by atoms with Gasteiger partial charge in [0.05, 0.1) is 19.3 Å². The van der Waals surface area contributed by atoms with E-state index in [2.05, 4.69) is 20.8 Å². The second-order valence-corrected chi connectivity index (χ2v) is 4.30. The summed E-state index contributed by atoms with van der Waals surface area (Å²) >= 11 is 0. The molecular formula is C9H18O3. The van der Waals surface area contributed by atoms with Crippen LogP contribution in [0, 0.1) is 5.41 Å². The molecular weight excluding hydrogens is 156 g/mol. The number of ether oxygens (including phenoxy) is 2. The molecule has 0 bridgehead atoms. The van der Waals surface area contributed by atoms with E-state index in [0.29, 0.717) is 6.61 Å². The van der Waals surface area contributed by atoms with Crippen molar-refractivity contribution in [3.63, 3.8) is 0 Å². The van der Waals surface area contributed by atoms with E-state index in [9.17, 15) is 0 Å². The molecule has 1 heterocycles. The molecule has 0 aromatic carbocycles. The number of rotatable bonds is 1. The van der Waals surface area contributed by atoms with Gasteiger partial charge in [0.15, 0.2) is 6.29 Å². The van der Waals surface area contributed by atoms with E-state index in [1.54, 1.807) is 0 Å². The number of aliphatic hydroxyl groups is 1. The van der Waals surface area contributed by atoms with E-state index >= 15 is 0 Å². The molecule has 2 atom stereocenters. The highest BCUT2D eigenvalue weighted by Gasteiger charge is 2.31. The van der Waals surface area contributed by atoms with E-state index < -0.39 is 0 Å². The smallest absolute Gasteiger partial charge is 0.162 e. The van der Waals surface area contributed by atoms with Gasteiger partial charge in [-0.25, -0.2) is 0 Å². The number of hydrogen-bond donors (Lipinski definition) is 1. The van der Waals surface area contributed by atoms with E-state index in [0.717, 1.165) is 6.42 Å². The van der Waals surface area contributed by atoms with Gasteiger partial charge in [0.2, 0.25) is 0 Å². The van der Waals surface area contributed by atoms with Gasteiger partial charge < -0.3 is 14.6 Å². The van der Waals surface area contributed by atoms with E-state index in [1.165, 1.54) is 0 Å². The molecule has 0 spiro atoms. The summed E-state index contributed by atoms with van der Waals surface area (Å²) in [7, 11) is 0. The normalized spacial score (nSPS) is 32.0. The lowest BCUT2D eigenvalue weighted by Crippen LogP contribution is -2.41. The van der Waals surface area contributed by atoms with Crippen LogP contribution in [-0.4, -0.2) is 30.7 Å². The zero-order chi connectivity index (χ0) is 9.19. The van der Waals surface area contributed by atoms with Gasteiger partial charge in [0, 0.05) is 5.41 Å². The Kier molecular flexibility index (Phi) is 3.09. The Morgan fingerprint density at radius 3 is 2.58 bits per heavy atom. The van der Waals surface area contributed by atoms with Gasteiger partial charge in [0.1, 0.15) is 0 Å². The van der Waals surface area contributed by atoms with Crippen molar-refractivity contribution in [1.29, 1.82) is 0 Å². The maximum absolute atomic E-state index is 8.89. The van der Waals surface area contributed by atoms with Gasteiger partial charge in [-0.15, -0.1) is 0 Å². The quantitative estimate of drug-likeness (QED) is 0.648. The van der Waals surface area contributed by atoms with Gasteiger partial charge in [-0.1, -0.05) is 20.8 Å². The lowest BCUT2D eigenvalue weighted by molar-refractivity contribution is -0.257. The summed E-state index contributed by atoms with van der Waals surface area (Å²) in [6.07, 6.45) is 0.578. The molecule has 3 nitrogen and oxygen atoms in total. The predicted octanol–water partition coefficient (Wildman–Crippen LogP) is 1.16. The van der Waals surface area contributed by atoms with Crippen LogP contribution < -0.4 is 0 Å². The Morgan fingerprint density at radius 2 is 2.08 bits per heavy atom. The van der Waals surface area contributed by atoms with Crippen LogP contribution in [0.1, 0.15) is 27.2 Å². The molecule has 1 fully saturated rings. The topological polar surface area (TPSA) is 38.7 Å². The molecule has 0 aromatic heterocycles. The Morgan fingerprint density at radius 1 is 1.42 bits per heavy atom. The van der Waals surface area contributed by atoms with E-state index in [4.69, 9.17) is 14.6 Å². The van der Waals surface area contributed by atoms with Crippen molar-refractivity contribution in [1.82, 2.24) is 0 Å². The van der Waals surface area contributed by atoms with Crippen molar-refractivity contribution in [2.75, 3.05) is 13.2 Å². The minimum Gasteiger partial charge on any atom is -0.394 e. The summed E-state index contributed by atoms with van der Waals surface area (Å²) in [6.45, 7) is 6.98. The van der Waals surface area contributed by atoms with Gasteiger partial charge in [-0.2, -0.15) is 0 Å². The summed E-state index contributed by atoms with van der Waals surface area (Å²) in [4.78, 5) is 0. The van der Waals surface area contributed by atoms with Crippen LogP contribution in [0.25, 0.3) is 0 Å². The number of aliphatic hydroxyl groups excluding tert-OH is 1. The second kappa shape index (κ2) is 3.73. The average Bonchev–Trinajstić information content (AvgIpc) is 2.03. The standard InChI is InChI=1S/C9H18O3/c1-9(2,3)8-11-5-4-7(6-10)12-8/h7-8,10H,4-6H2,1-3H3. The highest BCUT2D eigenvalue weighted by molar-refractivity contribution is 4.72. The highest BCUT2D eigenvalue weighted by Crippen LogP contribution is 2.27. The first kappa shape index (κ1) is 9.96. The second-order valence-electron chi connectivity index (χ2n) is 4.30. The molecule has 1 rings (SSSR count). The van der Waals surface area contributed by atoms with Crippen molar-refractivity contribution >= 4 is 0 Å². The average molecular weight is 174 g/mol. The largest absolute Gasteiger partial charge is 0.394 e. The van der Waals surface area contributed by atoms with Crippen LogP contribution in [0.15, 0.2) is 0 Å². The Balaban J connectivity index is 2.46. The minimum absolute atomic E-state index is 0.00611. The molecule has 3 heteroatoms. The third-order valence-corrected chi connectivity index (χ3v) is 1.94. The summed E-state index contributed by atoms with van der Waals surface area (Å²) in [5, 5.41) is 8.89. The van der Waals surface area contributed by atoms with Crippen LogP contribution >= 0.6 is 0 Å². The van der Waals surface area contributed by atoms with Gasteiger partial charge in [0.25, 0.3) is 0 Å². The molecule has 12 heavy (non-hydrogen) atoms. The molecule has 2 unspecified atom stereocenters. The SMILES string of the molecule is CC(C)(C)C1OCCC(CO)O1. The predicted molar refractivity (Wildman–Crippen MR) is 45.8 cm³/mol. The van der Waals surface area contributed by atoms with Crippen LogP contribution in [0.3, 0.4) is 0 Å². The first-order valence-corrected chi connectivity index (χ1v) is 4.42. The molecule has 0 aliphatic carbocycles. The summed E-state index contributed by atoms with van der Waals surface area (Å²) in [5.41, 5.74) is -0.00611. The first-order chi connectivity index (χ1) is 5.54. The molecule has 1 saturated heterocycles. The maximum atomic E-state index is 8.89. The zero-order valence-corrected chi connectivity index (χ0v) is 8.04. The van der Waals surface area contributed by atoms with Crippen LogP contribution in [0.5, 0.6) is 0 Å². The summed E-state index contributed by atoms with van der Waals surface area (Å²) < 4.78 is 11.0. The fourth-order valence-electron chi connectivity index (χ4n) is 1.18. The molecule has 0 amide bonds. The van der Waals surface area contributed by atoms with Gasteiger partial charge in [-0.3, -0.25) is 0 Å². The van der Waals surface area contributed by atoms with E-state index in [1.807, 2.05) is 0 Å². The highest BCUT2D eigenvalue weighted by atomic mass is 16.7. The van der Waals surface area contributed by atoms with Crippen molar-refractivity contribution in [2.45, 2.75) is 39.6 Å². The Bertz CT molecular complexity index is 139. The fraction of sp³-hybridized carbons (Fsp3) is 1.00. The lowest BCUT2D eigenvalue weighted by atomic mass is 9.95. The molecule has 1 N–H and O–H groups in total. The van der Waals surface area contributed by atoms with Crippen LogP contribution in [-0.2, 0) is 9.47 Å². The monoisotopic (exact) mass is 174 g/mol. The van der Waals surface area contributed by atoms with Crippen LogP contribution in [0.4, 0.5) is 0 Å². The van der Waals surface area contributed by atoms with Gasteiger partial charge >= 0.3 is 0 Å². The van der Waals surface area contributed by atoms with Crippen molar-refractivity contribution in [3.8, 4) is 0 Å². The molecule has 0 radical (unpaired) electrons. The van der Waals surface area contributed by atoms with Crippen molar-refractivity contribution in [2.24, 2.45) is 5.41 Å². The summed E-state index contributed by atoms with van der Waals surface area (Å²) in [5.74, 6) is 0. The third kappa shape index (κ3) is 2.44. The van der Waals surface area contributed by atoms with Gasteiger partial charge in [-0.05, 0) is 6.42 Å². The van der Waals surface area contributed by atoms with Crippen molar-refractivity contribution in [3.05, 3.63) is 0 Å². The lowest BCUT2D eigenvalue weighted by Gasteiger charge is -2.37. The zero-order valence-electron chi connectivity index (χ0n) is 8.04. The Labute approximate surface area is 73.7 Å².